The molecule has 1 aromatic carbocycles. The maximum atomic E-state index is 12.9. The highest BCUT2D eigenvalue weighted by Gasteiger charge is 2.26. The van der Waals surface area contributed by atoms with Crippen LogP contribution in [0.1, 0.15) is 24.2 Å². The van der Waals surface area contributed by atoms with Crippen molar-refractivity contribution in [3.8, 4) is 0 Å². The number of quaternary nitrogens is 1. The van der Waals surface area contributed by atoms with Crippen molar-refractivity contribution in [2.45, 2.75) is 20.0 Å². The summed E-state index contributed by atoms with van der Waals surface area (Å²) in [5, 5.41) is 2.68. The number of carbonyl (C=O) groups is 3. The molecule has 0 radical (unpaired) electrons. The quantitative estimate of drug-likeness (QED) is 0.104. The third-order valence-electron chi connectivity index (χ3n) is 4.11. The number of esters is 2. The SMILES string of the molecule is C=C(C)C(=O)OCC(COC(=O)c1c(I)cc(I)c(NC(C)=O)c1I)OP(=O)([O-])OCC[N+](C)(C)C. The molecule has 0 spiro atoms. The second kappa shape index (κ2) is 14.7. The Hall–Kier alpha value is -0.370. The molecule has 2 atom stereocenters. The van der Waals surface area contributed by atoms with Gasteiger partial charge in [-0.3, -0.25) is 9.36 Å². The van der Waals surface area contributed by atoms with Crippen LogP contribution in [-0.4, -0.2) is 75.9 Å². The third kappa shape index (κ3) is 12.0. The molecule has 0 saturated carbocycles. The van der Waals surface area contributed by atoms with Crippen molar-refractivity contribution < 1.29 is 46.8 Å². The number of carbonyl (C=O) groups excluding carboxylic acids is 3. The van der Waals surface area contributed by atoms with E-state index in [2.05, 4.69) is 11.9 Å². The van der Waals surface area contributed by atoms with Crippen LogP contribution in [0.3, 0.4) is 0 Å². The first-order chi connectivity index (χ1) is 16.4. The molecule has 0 aliphatic heterocycles. The fraction of sp³-hybridized carbons (Fsp3) is 0.476. The Labute approximate surface area is 251 Å². The zero-order valence-corrected chi connectivity index (χ0v) is 27.8. The number of benzene rings is 1. The van der Waals surface area contributed by atoms with E-state index in [1.165, 1.54) is 13.8 Å². The Morgan fingerprint density at radius 1 is 1.11 bits per heavy atom. The fourth-order valence-electron chi connectivity index (χ4n) is 2.35. The van der Waals surface area contributed by atoms with Gasteiger partial charge in [0.2, 0.25) is 5.91 Å². The van der Waals surface area contributed by atoms with Gasteiger partial charge in [0.05, 0.1) is 36.0 Å². The lowest BCUT2D eigenvalue weighted by Gasteiger charge is -2.29. The molecular weight excluding hydrogens is 836 g/mol. The summed E-state index contributed by atoms with van der Waals surface area (Å²) in [5.74, 6) is -1.85. The van der Waals surface area contributed by atoms with Crippen LogP contribution in [0.2, 0.25) is 0 Å². The summed E-state index contributed by atoms with van der Waals surface area (Å²) in [4.78, 5) is 48.6. The molecule has 202 valence electrons. The highest BCUT2D eigenvalue weighted by atomic mass is 127. The number of likely N-dealkylation sites (N-methyl/N-ethyl adjacent to an activating group) is 1. The van der Waals surface area contributed by atoms with Crippen LogP contribution in [-0.2, 0) is 32.7 Å². The minimum atomic E-state index is -4.82. The summed E-state index contributed by atoms with van der Waals surface area (Å²) in [6, 6.07) is 1.70. The number of rotatable bonds is 13. The van der Waals surface area contributed by atoms with Crippen LogP contribution in [0, 0.1) is 10.7 Å². The first kappa shape index (κ1) is 33.7. The molecule has 0 bridgehead atoms. The van der Waals surface area contributed by atoms with Crippen LogP contribution in [0.15, 0.2) is 18.2 Å². The average Bonchev–Trinajstić information content (AvgIpc) is 2.71. The summed E-state index contributed by atoms with van der Waals surface area (Å²) in [6.07, 6.45) is -1.36. The van der Waals surface area contributed by atoms with Crippen molar-refractivity contribution in [2.75, 3.05) is 52.8 Å². The van der Waals surface area contributed by atoms with Crippen LogP contribution in [0.25, 0.3) is 0 Å². The number of hydrogen-bond acceptors (Lipinski definition) is 9. The highest BCUT2D eigenvalue weighted by molar-refractivity contribution is 14.1. The second-order valence-electron chi connectivity index (χ2n) is 8.58. The van der Waals surface area contributed by atoms with E-state index in [4.69, 9.17) is 18.5 Å². The third-order valence-corrected chi connectivity index (χ3v) is 7.95. The lowest BCUT2D eigenvalue weighted by atomic mass is 10.2. The lowest BCUT2D eigenvalue weighted by Crippen LogP contribution is -2.38. The summed E-state index contributed by atoms with van der Waals surface area (Å²) >= 11 is 5.92. The zero-order valence-electron chi connectivity index (χ0n) is 20.4. The normalized spacial score (nSPS) is 13.9. The molecule has 0 aliphatic rings. The first-order valence-corrected chi connectivity index (χ1v) is 15.0. The number of halogens is 3. The molecular formula is C21H28I3N2O9P. The Kier molecular flexibility index (Phi) is 13.7. The molecule has 2 unspecified atom stereocenters. The van der Waals surface area contributed by atoms with Crippen LogP contribution in [0.5, 0.6) is 0 Å². The minimum absolute atomic E-state index is 0.101. The minimum Gasteiger partial charge on any atom is -0.756 e. The van der Waals surface area contributed by atoms with Gasteiger partial charge in [0.25, 0.3) is 7.82 Å². The van der Waals surface area contributed by atoms with Crippen molar-refractivity contribution in [2.24, 2.45) is 0 Å². The molecule has 0 heterocycles. The van der Waals surface area contributed by atoms with Crippen molar-refractivity contribution in [3.63, 3.8) is 0 Å². The van der Waals surface area contributed by atoms with Gasteiger partial charge in [-0.1, -0.05) is 6.58 Å². The lowest BCUT2D eigenvalue weighted by molar-refractivity contribution is -0.870. The Bertz CT molecular complexity index is 1060. The molecule has 1 rings (SSSR count). The van der Waals surface area contributed by atoms with E-state index in [1.807, 2.05) is 88.9 Å². The Morgan fingerprint density at radius 3 is 2.22 bits per heavy atom. The maximum absolute atomic E-state index is 12.9. The predicted molar refractivity (Wildman–Crippen MR) is 156 cm³/mol. The number of nitrogens with zero attached hydrogens (tertiary/aromatic N) is 1. The van der Waals surface area contributed by atoms with E-state index in [0.29, 0.717) is 23.9 Å². The number of nitrogens with one attached hydrogen (secondary N) is 1. The first-order valence-electron chi connectivity index (χ1n) is 10.3. The standard InChI is InChI=1S/C21H28I3N2O9P/c1-12(2)20(28)32-10-14(35-36(30,31)34-8-7-26(4,5)6)11-33-21(29)17-15(22)9-16(23)19(18(17)24)25-13(3)27/h9,14H,1,7-8,10-11H2,2-6H3,(H-,25,27,30,31). The average molecular weight is 864 g/mol. The number of anilines is 1. The van der Waals surface area contributed by atoms with Crippen molar-refractivity contribution in [1.29, 1.82) is 0 Å². The van der Waals surface area contributed by atoms with Gasteiger partial charge in [0, 0.05) is 19.6 Å². The summed E-state index contributed by atoms with van der Waals surface area (Å²) in [7, 11) is 0.779. The number of ether oxygens (including phenoxy) is 2. The zero-order chi connectivity index (χ0) is 27.8. The van der Waals surface area contributed by atoms with Crippen molar-refractivity contribution >= 4 is 99.1 Å². The van der Waals surface area contributed by atoms with E-state index < -0.39 is 39.1 Å². The van der Waals surface area contributed by atoms with Gasteiger partial charge >= 0.3 is 11.9 Å². The van der Waals surface area contributed by atoms with Crippen LogP contribution < -0.4 is 10.2 Å². The molecule has 1 amide bonds. The van der Waals surface area contributed by atoms with Gasteiger partial charge in [0.15, 0.2) is 0 Å². The van der Waals surface area contributed by atoms with Crippen LogP contribution in [0.4, 0.5) is 5.69 Å². The summed E-state index contributed by atoms with van der Waals surface area (Å²) < 4.78 is 34.8. The molecule has 0 aromatic heterocycles. The van der Waals surface area contributed by atoms with Crippen molar-refractivity contribution in [1.82, 2.24) is 0 Å². The highest BCUT2D eigenvalue weighted by Crippen LogP contribution is 2.40. The number of phosphoric ester groups is 1. The molecule has 0 fully saturated rings. The van der Waals surface area contributed by atoms with Gasteiger partial charge in [-0.25, -0.2) is 9.59 Å². The van der Waals surface area contributed by atoms with Gasteiger partial charge in [-0.05, 0) is 80.8 Å². The molecule has 0 saturated heterocycles. The van der Waals surface area contributed by atoms with E-state index in [0.717, 1.165) is 3.57 Å². The van der Waals surface area contributed by atoms with Gasteiger partial charge < -0.3 is 33.2 Å². The summed E-state index contributed by atoms with van der Waals surface area (Å²) in [5.41, 5.74) is 0.736. The number of phosphoric acid groups is 1. The molecule has 0 aliphatic carbocycles. The van der Waals surface area contributed by atoms with E-state index in [1.54, 1.807) is 6.07 Å². The monoisotopic (exact) mass is 864 g/mol. The van der Waals surface area contributed by atoms with Crippen molar-refractivity contribution in [3.05, 3.63) is 34.5 Å². The topological polar surface area (TPSA) is 140 Å². The fourth-order valence-corrected chi connectivity index (χ4v) is 7.28. The number of amides is 1. The molecule has 36 heavy (non-hydrogen) atoms. The van der Waals surface area contributed by atoms with Gasteiger partial charge in [-0.2, -0.15) is 0 Å². The van der Waals surface area contributed by atoms with E-state index >= 15 is 0 Å². The van der Waals surface area contributed by atoms with Gasteiger partial charge in [0.1, 0.15) is 32.5 Å². The Balaban J connectivity index is 3.05. The Morgan fingerprint density at radius 2 is 1.69 bits per heavy atom. The molecule has 1 N–H and O–H groups in total. The van der Waals surface area contributed by atoms with E-state index in [9.17, 15) is 23.8 Å². The van der Waals surface area contributed by atoms with E-state index in [-0.39, 0.29) is 23.7 Å². The van der Waals surface area contributed by atoms with Crippen LogP contribution >= 0.6 is 75.6 Å². The molecule has 11 nitrogen and oxygen atoms in total. The second-order valence-corrected chi connectivity index (χ2v) is 13.4. The maximum Gasteiger partial charge on any atom is 0.340 e. The predicted octanol–water partition coefficient (Wildman–Crippen LogP) is 3.31. The number of hydrogen-bond donors (Lipinski definition) is 1. The largest absolute Gasteiger partial charge is 0.756 e. The van der Waals surface area contributed by atoms with Gasteiger partial charge in [-0.15, -0.1) is 0 Å². The molecule has 15 heteroatoms. The smallest absolute Gasteiger partial charge is 0.340 e. The molecule has 1 aromatic rings. The summed E-state index contributed by atoms with van der Waals surface area (Å²) in [6.45, 7) is 5.42.